The number of carbonyl (C=O) groups is 2. The average Bonchev–Trinajstić information content (AvgIpc) is 3.14. The van der Waals surface area contributed by atoms with E-state index in [1.807, 2.05) is 54.6 Å². The van der Waals surface area contributed by atoms with Gasteiger partial charge in [-0.1, -0.05) is 66.7 Å². The number of nitrogens with zero attached hydrogens (tertiary/aromatic N) is 2. The highest BCUT2D eigenvalue weighted by atomic mass is 16.5. The Hall–Kier alpha value is -4.17. The van der Waals surface area contributed by atoms with E-state index >= 15 is 0 Å². The maximum absolute atomic E-state index is 13.0. The number of anilines is 2. The highest BCUT2D eigenvalue weighted by Crippen LogP contribution is 2.26. The lowest BCUT2D eigenvalue weighted by Crippen LogP contribution is -2.24. The topological polar surface area (TPSA) is 105 Å². The molecule has 8 heteroatoms. The molecule has 0 saturated heterocycles. The lowest BCUT2D eigenvalue weighted by atomic mass is 10.1. The molecule has 0 bridgehead atoms. The predicted octanol–water partition coefficient (Wildman–Crippen LogP) is 4.90. The van der Waals surface area contributed by atoms with Crippen molar-refractivity contribution >= 4 is 34.3 Å². The molecule has 174 valence electrons. The van der Waals surface area contributed by atoms with E-state index in [1.165, 1.54) is 4.68 Å². The second-order valence-electron chi connectivity index (χ2n) is 7.74. The van der Waals surface area contributed by atoms with Crippen molar-refractivity contribution in [2.45, 2.75) is 26.5 Å². The number of aryl methyl sites for hydroxylation is 1. The first-order valence-corrected chi connectivity index (χ1v) is 11.0. The van der Waals surface area contributed by atoms with Crippen LogP contribution >= 0.6 is 0 Å². The van der Waals surface area contributed by atoms with Crippen LogP contribution in [0.1, 0.15) is 34.6 Å². The molecule has 0 saturated carbocycles. The Bertz CT molecular complexity index is 1310. The minimum Gasteiger partial charge on any atom is -0.462 e. The fraction of sp³-hybridized carbons (Fsp3) is 0.192. The van der Waals surface area contributed by atoms with E-state index in [-0.39, 0.29) is 24.5 Å². The van der Waals surface area contributed by atoms with Crippen molar-refractivity contribution < 1.29 is 19.4 Å². The van der Waals surface area contributed by atoms with Gasteiger partial charge >= 0.3 is 12.0 Å². The summed E-state index contributed by atoms with van der Waals surface area (Å²) in [5.74, 6) is -0.440. The molecule has 2 amide bonds. The summed E-state index contributed by atoms with van der Waals surface area (Å²) in [7, 11) is 0. The second-order valence-corrected chi connectivity index (χ2v) is 7.74. The second kappa shape index (κ2) is 10.2. The van der Waals surface area contributed by atoms with Gasteiger partial charge in [0.25, 0.3) is 0 Å². The molecule has 4 aromatic rings. The first-order valence-electron chi connectivity index (χ1n) is 11.0. The number of hydrogen-bond donors (Lipinski definition) is 3. The summed E-state index contributed by atoms with van der Waals surface area (Å²) in [6.07, 6.45) is -0.891. The normalized spacial score (nSPS) is 11.7. The van der Waals surface area contributed by atoms with Crippen molar-refractivity contribution in [3.05, 3.63) is 89.6 Å². The first kappa shape index (κ1) is 23.0. The molecule has 0 radical (unpaired) electrons. The van der Waals surface area contributed by atoms with Gasteiger partial charge in [-0.3, -0.25) is 5.32 Å². The van der Waals surface area contributed by atoms with Crippen molar-refractivity contribution in [3.8, 4) is 0 Å². The average molecular weight is 459 g/mol. The van der Waals surface area contributed by atoms with Gasteiger partial charge in [0.15, 0.2) is 0 Å². The van der Waals surface area contributed by atoms with Crippen LogP contribution in [-0.2, 0) is 11.3 Å². The van der Waals surface area contributed by atoms with Gasteiger partial charge in [-0.05, 0) is 30.9 Å². The van der Waals surface area contributed by atoms with E-state index in [0.717, 1.165) is 10.8 Å². The number of aliphatic hydroxyl groups excluding tert-OH is 1. The SMILES string of the molecule is CCOC(=O)c1c(C)nn(CC(O)c2ccccc2)c1NC(=O)Nc1cccc2ccccc12. The van der Waals surface area contributed by atoms with Crippen LogP contribution in [0.2, 0.25) is 0 Å². The number of aromatic nitrogens is 2. The van der Waals surface area contributed by atoms with Crippen molar-refractivity contribution in [1.82, 2.24) is 9.78 Å². The van der Waals surface area contributed by atoms with Crippen LogP contribution in [0, 0.1) is 6.92 Å². The zero-order valence-electron chi connectivity index (χ0n) is 19.0. The van der Waals surface area contributed by atoms with Crippen LogP contribution in [0.4, 0.5) is 16.3 Å². The van der Waals surface area contributed by atoms with Gasteiger partial charge < -0.3 is 15.2 Å². The lowest BCUT2D eigenvalue weighted by molar-refractivity contribution is 0.0526. The minimum absolute atomic E-state index is 0.0359. The highest BCUT2D eigenvalue weighted by Gasteiger charge is 2.26. The predicted molar refractivity (Wildman–Crippen MR) is 131 cm³/mol. The largest absolute Gasteiger partial charge is 0.462 e. The zero-order chi connectivity index (χ0) is 24.1. The van der Waals surface area contributed by atoms with E-state index in [9.17, 15) is 14.7 Å². The number of urea groups is 1. The van der Waals surface area contributed by atoms with Gasteiger partial charge in [0, 0.05) is 5.39 Å². The third-order valence-corrected chi connectivity index (χ3v) is 5.41. The molecule has 0 aliphatic heterocycles. The highest BCUT2D eigenvalue weighted by molar-refractivity contribution is 6.08. The van der Waals surface area contributed by atoms with Crippen molar-refractivity contribution in [2.75, 3.05) is 17.2 Å². The van der Waals surface area contributed by atoms with Crippen LogP contribution in [0.3, 0.4) is 0 Å². The van der Waals surface area contributed by atoms with Gasteiger partial charge in [-0.25, -0.2) is 14.3 Å². The monoisotopic (exact) mass is 458 g/mol. The standard InChI is InChI=1S/C26H26N4O4/c1-3-34-25(32)23-17(2)29-30(16-22(31)19-11-5-4-6-12-19)24(23)28-26(33)27-21-15-9-13-18-10-7-8-14-20(18)21/h4-15,22,31H,3,16H2,1-2H3,(H2,27,28,33). The van der Waals surface area contributed by atoms with Crippen LogP contribution in [0.25, 0.3) is 10.8 Å². The summed E-state index contributed by atoms with van der Waals surface area (Å²) < 4.78 is 6.60. The summed E-state index contributed by atoms with van der Waals surface area (Å²) in [5.41, 5.74) is 1.86. The molecule has 4 rings (SSSR count). The number of esters is 1. The number of aliphatic hydroxyl groups is 1. The molecule has 3 aromatic carbocycles. The molecule has 34 heavy (non-hydrogen) atoms. The van der Waals surface area contributed by atoms with Crippen LogP contribution < -0.4 is 10.6 Å². The summed E-state index contributed by atoms with van der Waals surface area (Å²) in [4.78, 5) is 25.7. The summed E-state index contributed by atoms with van der Waals surface area (Å²) >= 11 is 0. The van der Waals surface area contributed by atoms with Crippen molar-refractivity contribution in [2.24, 2.45) is 0 Å². The summed E-state index contributed by atoms with van der Waals surface area (Å²) in [6, 6.07) is 21.9. The van der Waals surface area contributed by atoms with E-state index in [0.29, 0.717) is 16.9 Å². The molecule has 3 N–H and O–H groups in total. The van der Waals surface area contributed by atoms with Crippen molar-refractivity contribution in [1.29, 1.82) is 0 Å². The number of rotatable bonds is 7. The molecule has 1 heterocycles. The zero-order valence-corrected chi connectivity index (χ0v) is 19.0. The van der Waals surface area contributed by atoms with Crippen LogP contribution in [-0.4, -0.2) is 33.5 Å². The van der Waals surface area contributed by atoms with Gasteiger partial charge in [0.05, 0.1) is 30.6 Å². The van der Waals surface area contributed by atoms with E-state index in [2.05, 4.69) is 15.7 Å². The Morgan fingerprint density at radius 1 is 1.00 bits per heavy atom. The van der Waals surface area contributed by atoms with E-state index in [1.54, 1.807) is 32.0 Å². The smallest absolute Gasteiger partial charge is 0.343 e. The number of hydrogen-bond acceptors (Lipinski definition) is 5. The van der Waals surface area contributed by atoms with Crippen LogP contribution in [0.15, 0.2) is 72.8 Å². The van der Waals surface area contributed by atoms with E-state index in [4.69, 9.17) is 4.74 Å². The van der Waals surface area contributed by atoms with Gasteiger partial charge in [-0.15, -0.1) is 0 Å². The Balaban J connectivity index is 1.64. The van der Waals surface area contributed by atoms with Gasteiger partial charge in [0.1, 0.15) is 11.4 Å². The number of fused-ring (bicyclic) bond motifs is 1. The summed E-state index contributed by atoms with van der Waals surface area (Å²) in [5, 5.41) is 22.6. The van der Waals surface area contributed by atoms with Gasteiger partial charge in [-0.2, -0.15) is 5.10 Å². The van der Waals surface area contributed by atoms with Crippen molar-refractivity contribution in [3.63, 3.8) is 0 Å². The number of ether oxygens (including phenoxy) is 1. The third kappa shape index (κ3) is 4.92. The maximum Gasteiger partial charge on any atom is 0.343 e. The third-order valence-electron chi connectivity index (χ3n) is 5.41. The number of benzene rings is 3. The molecule has 1 unspecified atom stereocenters. The molecule has 0 fully saturated rings. The Morgan fingerprint density at radius 2 is 1.71 bits per heavy atom. The number of nitrogens with one attached hydrogen (secondary N) is 2. The molecular formula is C26H26N4O4. The Morgan fingerprint density at radius 3 is 2.47 bits per heavy atom. The molecular weight excluding hydrogens is 432 g/mol. The Kier molecular flexibility index (Phi) is 6.89. The number of carbonyl (C=O) groups excluding carboxylic acids is 2. The molecule has 0 aliphatic carbocycles. The summed E-state index contributed by atoms with van der Waals surface area (Å²) in [6.45, 7) is 3.58. The molecule has 0 aliphatic rings. The lowest BCUT2D eigenvalue weighted by Gasteiger charge is -2.16. The minimum atomic E-state index is -0.891. The Labute approximate surface area is 197 Å². The quantitative estimate of drug-likeness (QED) is 0.342. The van der Waals surface area contributed by atoms with Crippen LogP contribution in [0.5, 0.6) is 0 Å². The van der Waals surface area contributed by atoms with Gasteiger partial charge in [0.2, 0.25) is 0 Å². The van der Waals surface area contributed by atoms with E-state index < -0.39 is 18.1 Å². The molecule has 1 aromatic heterocycles. The first-order chi connectivity index (χ1) is 16.5. The molecule has 8 nitrogen and oxygen atoms in total. The molecule has 1 atom stereocenters. The fourth-order valence-corrected chi connectivity index (χ4v) is 3.83. The number of amides is 2. The maximum atomic E-state index is 13.0. The fourth-order valence-electron chi connectivity index (χ4n) is 3.83. The molecule has 0 spiro atoms.